The number of fused-ring (bicyclic) bond motifs is 10. The summed E-state index contributed by atoms with van der Waals surface area (Å²) in [7, 11) is 7.64. The highest BCUT2D eigenvalue weighted by Crippen LogP contribution is 2.45. The summed E-state index contributed by atoms with van der Waals surface area (Å²) in [5.74, 6) is 0.718. The number of aromatic nitrogens is 2. The van der Waals surface area contributed by atoms with E-state index in [1.165, 1.54) is 0 Å². The predicted molar refractivity (Wildman–Crippen MR) is 136 cm³/mol. The van der Waals surface area contributed by atoms with Crippen molar-refractivity contribution in [3.05, 3.63) is 53.6 Å². The molecule has 3 aromatic carbocycles. The quantitative estimate of drug-likeness (QED) is 0.424. The van der Waals surface area contributed by atoms with Gasteiger partial charge >= 0.3 is 0 Å². The van der Waals surface area contributed by atoms with Crippen LogP contribution in [-0.4, -0.2) is 58.9 Å². The molecule has 7 heteroatoms. The number of aliphatic hydroxyl groups excluding tert-OH is 1. The van der Waals surface area contributed by atoms with Gasteiger partial charge in [0, 0.05) is 52.7 Å². The molecule has 0 bridgehead atoms. The molecule has 0 saturated carbocycles. The summed E-state index contributed by atoms with van der Waals surface area (Å²) in [6.45, 7) is 1.52. The molecule has 2 aromatic heterocycles. The van der Waals surface area contributed by atoms with Gasteiger partial charge in [0.15, 0.2) is 0 Å². The fourth-order valence-corrected chi connectivity index (χ4v) is 5.78. The Morgan fingerprint density at radius 1 is 1.09 bits per heavy atom. The molecule has 0 spiro atoms. The number of likely N-dealkylation sites (N-methyl/N-ethyl adjacent to an activating group) is 1. The Kier molecular flexibility index (Phi) is 4.62. The third kappa shape index (κ3) is 2.80. The number of hydrogen-bond donors (Lipinski definition) is 2. The molecule has 7 nitrogen and oxygen atoms in total. The minimum atomic E-state index is -0.535. The van der Waals surface area contributed by atoms with Crippen LogP contribution in [-0.2, 0) is 20.1 Å². The predicted octanol–water partition coefficient (Wildman–Crippen LogP) is 3.61. The topological polar surface area (TPSA) is 71.7 Å². The van der Waals surface area contributed by atoms with Crippen molar-refractivity contribution >= 4 is 49.5 Å². The number of nitrogens with one attached hydrogen (secondary N) is 1. The minimum Gasteiger partial charge on any atom is -0.497 e. The molecule has 1 aliphatic heterocycles. The number of methoxy groups -OCH3 is 1. The zero-order valence-electron chi connectivity index (χ0n) is 19.8. The van der Waals surface area contributed by atoms with E-state index >= 15 is 0 Å². The van der Waals surface area contributed by atoms with Gasteiger partial charge in [0.1, 0.15) is 5.75 Å². The van der Waals surface area contributed by atoms with Crippen LogP contribution in [0, 0.1) is 0 Å². The molecule has 34 heavy (non-hydrogen) atoms. The number of aliphatic hydroxyl groups is 1. The van der Waals surface area contributed by atoms with Gasteiger partial charge in [0.25, 0.3) is 5.91 Å². The number of para-hydroxylation sites is 1. The van der Waals surface area contributed by atoms with E-state index < -0.39 is 6.10 Å². The molecule has 0 saturated heterocycles. The Labute approximate surface area is 197 Å². The van der Waals surface area contributed by atoms with Gasteiger partial charge in [-0.1, -0.05) is 18.2 Å². The number of amides is 1. The fourth-order valence-electron chi connectivity index (χ4n) is 5.78. The summed E-state index contributed by atoms with van der Waals surface area (Å²) < 4.78 is 9.93. The van der Waals surface area contributed by atoms with Crippen molar-refractivity contribution in [2.45, 2.75) is 19.2 Å². The number of carbonyl (C=O) groups excluding carboxylic acids is 1. The normalized spacial score (nSPS) is 14.6. The minimum absolute atomic E-state index is 0.0401. The van der Waals surface area contributed by atoms with Gasteiger partial charge in [-0.25, -0.2) is 0 Å². The average molecular weight is 457 g/mol. The van der Waals surface area contributed by atoms with E-state index in [9.17, 15) is 9.90 Å². The van der Waals surface area contributed by atoms with Crippen LogP contribution in [0.4, 0.5) is 0 Å². The Balaban J connectivity index is 1.84. The van der Waals surface area contributed by atoms with Crippen LogP contribution in [0.25, 0.3) is 43.6 Å². The largest absolute Gasteiger partial charge is 0.497 e. The number of rotatable bonds is 5. The zero-order chi connectivity index (χ0) is 23.7. The third-order valence-corrected chi connectivity index (χ3v) is 7.08. The Morgan fingerprint density at radius 2 is 1.88 bits per heavy atom. The summed E-state index contributed by atoms with van der Waals surface area (Å²) in [6, 6.07) is 14.3. The van der Waals surface area contributed by atoms with Crippen molar-refractivity contribution < 1.29 is 14.6 Å². The highest BCUT2D eigenvalue weighted by molar-refractivity contribution is 6.30. The van der Waals surface area contributed by atoms with Crippen molar-refractivity contribution in [1.82, 2.24) is 19.4 Å². The lowest BCUT2D eigenvalue weighted by atomic mass is 9.97. The second-order valence-electron chi connectivity index (χ2n) is 9.47. The molecule has 174 valence electrons. The highest BCUT2D eigenvalue weighted by atomic mass is 16.5. The molecular weight excluding hydrogens is 428 g/mol. The number of ether oxygens (including phenoxy) is 1. The lowest BCUT2D eigenvalue weighted by molar-refractivity contribution is 0.0967. The van der Waals surface area contributed by atoms with Gasteiger partial charge in [0.05, 0.1) is 36.4 Å². The summed E-state index contributed by atoms with van der Waals surface area (Å²) >= 11 is 0. The molecular formula is C27H28N4O3. The molecule has 6 rings (SSSR count). The number of benzene rings is 3. The van der Waals surface area contributed by atoms with Gasteiger partial charge in [-0.15, -0.1) is 0 Å². The molecule has 5 aromatic rings. The summed E-state index contributed by atoms with van der Waals surface area (Å²) in [6.07, 6.45) is -0.535. The van der Waals surface area contributed by atoms with Crippen molar-refractivity contribution in [3.8, 4) is 5.75 Å². The number of carbonyl (C=O) groups is 1. The highest BCUT2D eigenvalue weighted by Gasteiger charge is 2.32. The SMILES string of the molecule is COc1ccc2c(c1)c1c3c(c4c5ccccc5n(CC(O)CN(C)C)c4c1n2C)CNC3=O. The maximum atomic E-state index is 13.2. The van der Waals surface area contributed by atoms with Gasteiger partial charge < -0.3 is 29.2 Å². The van der Waals surface area contributed by atoms with Crippen molar-refractivity contribution in [1.29, 1.82) is 0 Å². The molecule has 1 atom stereocenters. The zero-order valence-corrected chi connectivity index (χ0v) is 19.8. The van der Waals surface area contributed by atoms with Crippen LogP contribution in [0.1, 0.15) is 15.9 Å². The van der Waals surface area contributed by atoms with Crippen LogP contribution in [0.2, 0.25) is 0 Å². The Hall–Kier alpha value is -3.55. The second kappa shape index (κ2) is 7.48. The molecule has 2 N–H and O–H groups in total. The summed E-state index contributed by atoms with van der Waals surface area (Å²) in [5.41, 5.74) is 5.94. The van der Waals surface area contributed by atoms with E-state index in [2.05, 4.69) is 26.6 Å². The number of aryl methyl sites for hydroxylation is 1. The van der Waals surface area contributed by atoms with E-state index in [0.717, 1.165) is 60.5 Å². The van der Waals surface area contributed by atoms with Gasteiger partial charge in [0.2, 0.25) is 0 Å². The summed E-state index contributed by atoms with van der Waals surface area (Å²) in [5, 5.41) is 18.1. The first-order valence-electron chi connectivity index (χ1n) is 11.5. The van der Waals surface area contributed by atoms with Crippen LogP contribution in [0.15, 0.2) is 42.5 Å². The molecule has 0 fully saturated rings. The van der Waals surface area contributed by atoms with E-state index in [1.807, 2.05) is 56.4 Å². The van der Waals surface area contributed by atoms with Crippen LogP contribution in [0.5, 0.6) is 5.75 Å². The lowest BCUT2D eigenvalue weighted by Gasteiger charge is -2.18. The Bertz CT molecular complexity index is 1630. The molecule has 3 heterocycles. The van der Waals surface area contributed by atoms with Gasteiger partial charge in [-0.2, -0.15) is 0 Å². The monoisotopic (exact) mass is 456 g/mol. The Morgan fingerprint density at radius 3 is 2.65 bits per heavy atom. The van der Waals surface area contributed by atoms with Crippen molar-refractivity contribution in [3.63, 3.8) is 0 Å². The molecule has 1 unspecified atom stereocenters. The van der Waals surface area contributed by atoms with E-state index in [4.69, 9.17) is 4.74 Å². The third-order valence-electron chi connectivity index (χ3n) is 7.08. The molecule has 0 aliphatic carbocycles. The van der Waals surface area contributed by atoms with Crippen molar-refractivity contribution in [2.24, 2.45) is 7.05 Å². The number of hydrogen-bond acceptors (Lipinski definition) is 4. The van der Waals surface area contributed by atoms with Crippen LogP contribution < -0.4 is 10.1 Å². The maximum absolute atomic E-state index is 13.2. The second-order valence-corrected chi connectivity index (χ2v) is 9.47. The van der Waals surface area contributed by atoms with E-state index in [0.29, 0.717) is 19.6 Å². The smallest absolute Gasteiger partial charge is 0.252 e. The maximum Gasteiger partial charge on any atom is 0.252 e. The van der Waals surface area contributed by atoms with Crippen molar-refractivity contribution in [2.75, 3.05) is 27.7 Å². The number of nitrogens with zero attached hydrogens (tertiary/aromatic N) is 3. The first-order chi connectivity index (χ1) is 16.4. The first-order valence-corrected chi connectivity index (χ1v) is 11.5. The lowest BCUT2D eigenvalue weighted by Crippen LogP contribution is -2.29. The van der Waals surface area contributed by atoms with E-state index in [1.54, 1.807) is 7.11 Å². The summed E-state index contributed by atoms with van der Waals surface area (Å²) in [4.78, 5) is 15.2. The van der Waals surface area contributed by atoms with E-state index in [-0.39, 0.29) is 5.91 Å². The molecule has 1 amide bonds. The fraction of sp³-hybridized carbons (Fsp3) is 0.296. The first kappa shape index (κ1) is 21.0. The van der Waals surface area contributed by atoms with Gasteiger partial charge in [-0.05, 0) is 43.9 Å². The molecule has 1 aliphatic rings. The van der Waals surface area contributed by atoms with Crippen LogP contribution >= 0.6 is 0 Å². The standard InChI is InChI=1S/C27H28N4O3/c1-29(2)13-15(32)14-31-21-8-6-5-7-17(21)22-19-12-28-27(33)24(19)23-18-11-16(34-4)9-10-20(18)30(3)25(23)26(22)31/h5-11,15,32H,12-14H2,1-4H3,(H,28,33). The average Bonchev–Trinajstić information content (AvgIpc) is 3.44. The van der Waals surface area contributed by atoms with Crippen LogP contribution in [0.3, 0.4) is 0 Å². The molecule has 0 radical (unpaired) electrons. The van der Waals surface area contributed by atoms with Gasteiger partial charge in [-0.3, -0.25) is 4.79 Å².